The molecule has 1 amide bonds. The van der Waals surface area contributed by atoms with Crippen molar-refractivity contribution in [3.63, 3.8) is 0 Å². The summed E-state index contributed by atoms with van der Waals surface area (Å²) in [7, 11) is 1.57. The molecule has 26 heavy (non-hydrogen) atoms. The van der Waals surface area contributed by atoms with E-state index in [1.54, 1.807) is 13.2 Å². The van der Waals surface area contributed by atoms with Crippen LogP contribution in [0.25, 0.3) is 0 Å². The minimum absolute atomic E-state index is 0.0397. The molecule has 2 rings (SSSR count). The predicted octanol–water partition coefficient (Wildman–Crippen LogP) is 1.76. The summed E-state index contributed by atoms with van der Waals surface area (Å²) in [4.78, 5) is 18.2. The Balaban J connectivity index is 1.95. The van der Waals surface area contributed by atoms with Crippen molar-refractivity contribution in [3.8, 4) is 11.5 Å². The Kier molecular flexibility index (Phi) is 7.56. The van der Waals surface area contributed by atoms with Crippen molar-refractivity contribution in [2.45, 2.75) is 33.2 Å². The summed E-state index contributed by atoms with van der Waals surface area (Å²) >= 11 is 0. The lowest BCUT2D eigenvalue weighted by molar-refractivity contribution is -0.123. The predicted molar refractivity (Wildman–Crippen MR) is 102 cm³/mol. The van der Waals surface area contributed by atoms with Gasteiger partial charge in [-0.2, -0.15) is 0 Å². The molecule has 144 valence electrons. The number of hydrogen-bond acceptors (Lipinski definition) is 4. The summed E-state index contributed by atoms with van der Waals surface area (Å²) in [6, 6.07) is 5.56. The fraction of sp³-hybridized carbons (Fsp3) is 0.579. The van der Waals surface area contributed by atoms with Gasteiger partial charge in [0.05, 0.1) is 13.7 Å². The number of aliphatic imine (C=N–C) groups is 1. The van der Waals surface area contributed by atoms with Gasteiger partial charge in [0.2, 0.25) is 0 Å². The number of rotatable bonds is 7. The molecule has 7 heteroatoms. The summed E-state index contributed by atoms with van der Waals surface area (Å²) in [5, 5.41) is 2.69. The van der Waals surface area contributed by atoms with E-state index in [2.05, 4.69) is 22.1 Å². The van der Waals surface area contributed by atoms with Crippen molar-refractivity contribution in [3.05, 3.63) is 23.8 Å². The summed E-state index contributed by atoms with van der Waals surface area (Å²) in [5.74, 6) is 2.30. The average Bonchev–Trinajstić information content (AvgIpc) is 2.65. The van der Waals surface area contributed by atoms with Gasteiger partial charge in [-0.1, -0.05) is 13.0 Å². The number of ether oxygens (including phenoxy) is 2. The van der Waals surface area contributed by atoms with Crippen LogP contribution in [0, 0.1) is 5.92 Å². The number of hydrogen-bond donors (Lipinski definition) is 2. The Morgan fingerprint density at radius 1 is 1.35 bits per heavy atom. The molecule has 0 atom stereocenters. The van der Waals surface area contributed by atoms with Gasteiger partial charge in [-0.3, -0.25) is 4.79 Å². The maximum absolute atomic E-state index is 11.5. The van der Waals surface area contributed by atoms with E-state index in [0.29, 0.717) is 30.5 Å². The number of benzene rings is 1. The number of likely N-dealkylation sites (N-methyl/N-ethyl adjacent to an activating group) is 1. The quantitative estimate of drug-likeness (QED) is 0.570. The van der Waals surface area contributed by atoms with Gasteiger partial charge in [-0.25, -0.2) is 4.99 Å². The van der Waals surface area contributed by atoms with Crippen molar-refractivity contribution in [1.29, 1.82) is 0 Å². The minimum Gasteiger partial charge on any atom is -0.493 e. The summed E-state index contributed by atoms with van der Waals surface area (Å²) in [5.41, 5.74) is 7.10. The van der Waals surface area contributed by atoms with Crippen LogP contribution < -0.4 is 20.5 Å². The van der Waals surface area contributed by atoms with E-state index in [4.69, 9.17) is 15.2 Å². The molecule has 7 nitrogen and oxygen atoms in total. The maximum atomic E-state index is 11.5. The zero-order valence-corrected chi connectivity index (χ0v) is 16.0. The lowest BCUT2D eigenvalue weighted by Gasteiger charge is -2.31. The van der Waals surface area contributed by atoms with Crippen LogP contribution in [0.5, 0.6) is 11.5 Å². The first-order valence-electron chi connectivity index (χ1n) is 9.14. The first-order chi connectivity index (χ1) is 12.5. The Hall–Kier alpha value is -2.44. The largest absolute Gasteiger partial charge is 0.493 e. The zero-order chi connectivity index (χ0) is 18.9. The topological polar surface area (TPSA) is 89.2 Å². The number of nitrogens with one attached hydrogen (secondary N) is 1. The summed E-state index contributed by atoms with van der Waals surface area (Å²) in [6.45, 7) is 7.08. The van der Waals surface area contributed by atoms with E-state index in [0.717, 1.165) is 37.4 Å². The van der Waals surface area contributed by atoms with Gasteiger partial charge in [0.1, 0.15) is 0 Å². The van der Waals surface area contributed by atoms with Gasteiger partial charge >= 0.3 is 0 Å². The smallest absolute Gasteiger partial charge is 0.257 e. The monoisotopic (exact) mass is 362 g/mol. The maximum Gasteiger partial charge on any atom is 0.257 e. The third kappa shape index (κ3) is 5.82. The molecule has 0 radical (unpaired) electrons. The van der Waals surface area contributed by atoms with Crippen molar-refractivity contribution in [2.24, 2.45) is 16.6 Å². The fourth-order valence-electron chi connectivity index (χ4n) is 2.83. The number of amides is 1. The van der Waals surface area contributed by atoms with Crippen LogP contribution in [-0.4, -0.2) is 50.1 Å². The highest BCUT2D eigenvalue weighted by molar-refractivity contribution is 5.78. The van der Waals surface area contributed by atoms with Crippen molar-refractivity contribution in [1.82, 2.24) is 10.2 Å². The Morgan fingerprint density at radius 2 is 2.08 bits per heavy atom. The standard InChI is InChI=1S/C19H30N4O3/c1-4-21-18(24)13-26-16-6-5-15(11-17(16)25-3)12-22-19(20)23-9-7-14(2)8-10-23/h5-6,11,14H,4,7-10,12-13H2,1-3H3,(H2,20,22)(H,21,24). The number of carbonyl (C=O) groups is 1. The van der Waals surface area contributed by atoms with Gasteiger partial charge in [-0.15, -0.1) is 0 Å². The molecule has 1 aromatic rings. The highest BCUT2D eigenvalue weighted by Gasteiger charge is 2.17. The van der Waals surface area contributed by atoms with E-state index in [9.17, 15) is 4.79 Å². The van der Waals surface area contributed by atoms with Gasteiger partial charge in [0, 0.05) is 19.6 Å². The van der Waals surface area contributed by atoms with Crippen LogP contribution >= 0.6 is 0 Å². The van der Waals surface area contributed by atoms with Crippen molar-refractivity contribution >= 4 is 11.9 Å². The van der Waals surface area contributed by atoms with Gasteiger partial charge in [0.25, 0.3) is 5.91 Å². The summed E-state index contributed by atoms with van der Waals surface area (Å²) < 4.78 is 10.9. The van der Waals surface area contributed by atoms with Gasteiger partial charge in [-0.05, 0) is 43.4 Å². The molecule has 1 fully saturated rings. The molecular formula is C19H30N4O3. The number of guanidine groups is 1. The zero-order valence-electron chi connectivity index (χ0n) is 16.0. The van der Waals surface area contributed by atoms with E-state index in [1.807, 2.05) is 19.1 Å². The third-order valence-electron chi connectivity index (χ3n) is 4.49. The Morgan fingerprint density at radius 3 is 2.73 bits per heavy atom. The second-order valence-electron chi connectivity index (χ2n) is 6.57. The number of nitrogens with two attached hydrogens (primary N) is 1. The van der Waals surface area contributed by atoms with Crippen LogP contribution in [0.3, 0.4) is 0 Å². The first-order valence-corrected chi connectivity index (χ1v) is 9.14. The Labute approximate surface area is 155 Å². The van der Waals surface area contributed by atoms with Crippen LogP contribution in [0.15, 0.2) is 23.2 Å². The second-order valence-corrected chi connectivity index (χ2v) is 6.57. The molecule has 1 saturated heterocycles. The van der Waals surface area contributed by atoms with Gasteiger partial charge in [0.15, 0.2) is 24.1 Å². The SMILES string of the molecule is CCNC(=O)COc1ccc(CN=C(N)N2CCC(C)CC2)cc1OC. The fourth-order valence-corrected chi connectivity index (χ4v) is 2.83. The van der Waals surface area contributed by atoms with E-state index in [-0.39, 0.29) is 12.5 Å². The lowest BCUT2D eigenvalue weighted by Crippen LogP contribution is -2.42. The normalized spacial score (nSPS) is 15.7. The molecule has 3 N–H and O–H groups in total. The number of carbonyl (C=O) groups excluding carboxylic acids is 1. The van der Waals surface area contributed by atoms with Crippen LogP contribution in [-0.2, 0) is 11.3 Å². The van der Waals surface area contributed by atoms with Gasteiger partial charge < -0.3 is 25.4 Å². The molecule has 1 heterocycles. The highest BCUT2D eigenvalue weighted by Crippen LogP contribution is 2.28. The van der Waals surface area contributed by atoms with Crippen LogP contribution in [0.1, 0.15) is 32.3 Å². The van der Waals surface area contributed by atoms with E-state index >= 15 is 0 Å². The summed E-state index contributed by atoms with van der Waals surface area (Å²) in [6.07, 6.45) is 2.31. The van der Waals surface area contributed by atoms with Crippen molar-refractivity contribution in [2.75, 3.05) is 33.4 Å². The molecule has 1 aromatic carbocycles. The molecule has 0 spiro atoms. The highest BCUT2D eigenvalue weighted by atomic mass is 16.5. The number of piperidine rings is 1. The first kappa shape index (κ1) is 19.9. The molecule has 1 aliphatic heterocycles. The molecule has 0 aromatic heterocycles. The average molecular weight is 362 g/mol. The number of likely N-dealkylation sites (tertiary alicyclic amines) is 1. The Bertz CT molecular complexity index is 625. The van der Waals surface area contributed by atoms with Crippen molar-refractivity contribution < 1.29 is 14.3 Å². The van der Waals surface area contributed by atoms with E-state index in [1.165, 1.54) is 0 Å². The number of methoxy groups -OCH3 is 1. The minimum atomic E-state index is -0.160. The van der Waals surface area contributed by atoms with Crippen LogP contribution in [0.4, 0.5) is 0 Å². The molecule has 1 aliphatic rings. The lowest BCUT2D eigenvalue weighted by atomic mass is 10.00. The van der Waals surface area contributed by atoms with E-state index < -0.39 is 0 Å². The molecule has 0 aliphatic carbocycles. The molecule has 0 saturated carbocycles. The molecule has 0 unspecified atom stereocenters. The molecule has 0 bridgehead atoms. The molecular weight excluding hydrogens is 332 g/mol. The third-order valence-corrected chi connectivity index (χ3v) is 4.49. The second kappa shape index (κ2) is 9.89. The number of nitrogens with zero attached hydrogens (tertiary/aromatic N) is 2. The van der Waals surface area contributed by atoms with Crippen LogP contribution in [0.2, 0.25) is 0 Å².